The Hall–Kier alpha value is -2.36. The standard InChI is InChI=1S/C24H29BrClN3O5/c1-34-21-7-6-17(25)11-18(21)20(8-9-30)29-22-19(26)10-16(13-27-22)23(31)28-12-14-2-4-15(5-3-14)24(32)33/h6-7,10-11,13-15,20,30H,2-5,8-9,12H2,1H3,(H,27,29)(H,28,31)(H,32,33)/t14-,15-,20?. The Kier molecular flexibility index (Phi) is 9.55. The van der Waals surface area contributed by atoms with Gasteiger partial charge in [0.15, 0.2) is 0 Å². The maximum atomic E-state index is 12.6. The second kappa shape index (κ2) is 12.4. The number of methoxy groups -OCH3 is 1. The number of aromatic nitrogens is 1. The lowest BCUT2D eigenvalue weighted by Gasteiger charge is -2.26. The molecule has 1 aromatic carbocycles. The number of aliphatic hydroxyl groups excluding tert-OH is 1. The minimum absolute atomic E-state index is 0.0557. The van der Waals surface area contributed by atoms with E-state index in [0.717, 1.165) is 22.9 Å². The zero-order chi connectivity index (χ0) is 24.7. The number of carbonyl (C=O) groups is 2. The Bertz CT molecular complexity index is 1010. The number of nitrogens with zero attached hydrogens (tertiary/aromatic N) is 1. The van der Waals surface area contributed by atoms with Crippen molar-refractivity contribution >= 4 is 45.2 Å². The number of rotatable bonds is 10. The molecule has 4 N–H and O–H groups in total. The summed E-state index contributed by atoms with van der Waals surface area (Å²) in [5.74, 6) is 0.0349. The summed E-state index contributed by atoms with van der Waals surface area (Å²) in [6.45, 7) is 0.434. The fourth-order valence-electron chi connectivity index (χ4n) is 4.20. The van der Waals surface area contributed by atoms with Crippen LogP contribution in [0, 0.1) is 11.8 Å². The van der Waals surface area contributed by atoms with Gasteiger partial charge in [0.1, 0.15) is 11.6 Å². The monoisotopic (exact) mass is 553 g/mol. The van der Waals surface area contributed by atoms with Gasteiger partial charge in [-0.1, -0.05) is 27.5 Å². The molecule has 1 aliphatic rings. The zero-order valence-electron chi connectivity index (χ0n) is 18.9. The number of hydrogen-bond acceptors (Lipinski definition) is 6. The first-order valence-corrected chi connectivity index (χ1v) is 12.4. The number of halogens is 2. The second-order valence-corrected chi connectivity index (χ2v) is 9.74. The van der Waals surface area contributed by atoms with Crippen LogP contribution < -0.4 is 15.4 Å². The Morgan fingerprint density at radius 3 is 2.62 bits per heavy atom. The van der Waals surface area contributed by atoms with E-state index in [1.165, 1.54) is 6.20 Å². The van der Waals surface area contributed by atoms with E-state index in [1.807, 2.05) is 18.2 Å². The molecule has 0 radical (unpaired) electrons. The summed E-state index contributed by atoms with van der Waals surface area (Å²) in [6.07, 6.45) is 4.70. The molecule has 1 aliphatic carbocycles. The highest BCUT2D eigenvalue weighted by Gasteiger charge is 2.26. The molecule has 1 fully saturated rings. The molecule has 8 nitrogen and oxygen atoms in total. The second-order valence-electron chi connectivity index (χ2n) is 8.42. The molecule has 10 heteroatoms. The van der Waals surface area contributed by atoms with E-state index in [9.17, 15) is 14.7 Å². The van der Waals surface area contributed by atoms with Crippen LogP contribution in [0.15, 0.2) is 34.9 Å². The number of aliphatic hydroxyl groups is 1. The Morgan fingerprint density at radius 2 is 2.00 bits per heavy atom. The molecule has 1 aromatic heterocycles. The van der Waals surface area contributed by atoms with Gasteiger partial charge >= 0.3 is 5.97 Å². The molecule has 184 valence electrons. The fraction of sp³-hybridized carbons (Fsp3) is 0.458. The van der Waals surface area contributed by atoms with Crippen LogP contribution in [0.1, 0.15) is 54.1 Å². The summed E-state index contributed by atoms with van der Waals surface area (Å²) in [6, 6.07) is 6.85. The number of pyridine rings is 1. The van der Waals surface area contributed by atoms with E-state index in [2.05, 4.69) is 31.5 Å². The van der Waals surface area contributed by atoms with Gasteiger partial charge in [0.25, 0.3) is 5.91 Å². The number of amides is 1. The van der Waals surface area contributed by atoms with Crippen LogP contribution in [0.2, 0.25) is 5.02 Å². The molecule has 0 spiro atoms. The summed E-state index contributed by atoms with van der Waals surface area (Å²) >= 11 is 9.91. The molecule has 1 amide bonds. The zero-order valence-corrected chi connectivity index (χ0v) is 21.2. The normalized spacial score (nSPS) is 18.7. The molecule has 2 aromatic rings. The molecule has 1 saturated carbocycles. The number of hydrogen-bond donors (Lipinski definition) is 4. The Balaban J connectivity index is 1.64. The van der Waals surface area contributed by atoms with Gasteiger partial charge in [0.05, 0.1) is 29.7 Å². The van der Waals surface area contributed by atoms with Gasteiger partial charge in [-0.2, -0.15) is 0 Å². The van der Waals surface area contributed by atoms with Crippen LogP contribution in [0.4, 0.5) is 5.82 Å². The smallest absolute Gasteiger partial charge is 0.306 e. The van der Waals surface area contributed by atoms with Crippen molar-refractivity contribution in [3.63, 3.8) is 0 Å². The number of benzene rings is 1. The molecule has 3 rings (SSSR count). The average molecular weight is 555 g/mol. The summed E-state index contributed by atoms with van der Waals surface area (Å²) in [5, 5.41) is 25.1. The maximum absolute atomic E-state index is 12.6. The molecule has 0 aliphatic heterocycles. The molecular formula is C24H29BrClN3O5. The predicted molar refractivity (Wildman–Crippen MR) is 133 cm³/mol. The lowest BCUT2D eigenvalue weighted by atomic mass is 9.82. The maximum Gasteiger partial charge on any atom is 0.306 e. The van der Waals surface area contributed by atoms with Crippen LogP contribution in [0.25, 0.3) is 0 Å². The van der Waals surface area contributed by atoms with Gasteiger partial charge in [0, 0.05) is 29.4 Å². The van der Waals surface area contributed by atoms with Crippen molar-refractivity contribution in [2.75, 3.05) is 25.6 Å². The van der Waals surface area contributed by atoms with E-state index in [4.69, 9.17) is 21.4 Å². The Labute approximate surface area is 212 Å². The highest BCUT2D eigenvalue weighted by molar-refractivity contribution is 9.10. The minimum Gasteiger partial charge on any atom is -0.496 e. The minimum atomic E-state index is -0.739. The van der Waals surface area contributed by atoms with Gasteiger partial charge in [0.2, 0.25) is 0 Å². The summed E-state index contributed by atoms with van der Waals surface area (Å²) in [7, 11) is 1.58. The summed E-state index contributed by atoms with van der Waals surface area (Å²) in [5.41, 5.74) is 1.18. The van der Waals surface area contributed by atoms with E-state index in [1.54, 1.807) is 13.2 Å². The quantitative estimate of drug-likeness (QED) is 0.337. The van der Waals surface area contributed by atoms with Crippen molar-refractivity contribution in [3.8, 4) is 5.75 Å². The van der Waals surface area contributed by atoms with E-state index in [0.29, 0.717) is 42.9 Å². The summed E-state index contributed by atoms with van der Waals surface area (Å²) in [4.78, 5) is 28.0. The van der Waals surface area contributed by atoms with E-state index in [-0.39, 0.29) is 35.4 Å². The number of carbonyl (C=O) groups excluding carboxylic acids is 1. The SMILES string of the molecule is COc1ccc(Br)cc1C(CCO)Nc1ncc(C(=O)NC[C@H]2CC[C@H](C(=O)O)CC2)cc1Cl. The van der Waals surface area contributed by atoms with Crippen LogP contribution in [-0.4, -0.2) is 47.3 Å². The predicted octanol–water partition coefficient (Wildman–Crippen LogP) is 4.66. The number of aliphatic carboxylic acids is 1. The number of nitrogens with one attached hydrogen (secondary N) is 2. The average Bonchev–Trinajstić information content (AvgIpc) is 2.83. The molecule has 0 saturated heterocycles. The van der Waals surface area contributed by atoms with Crippen LogP contribution in [0.3, 0.4) is 0 Å². The highest BCUT2D eigenvalue weighted by Crippen LogP contribution is 2.34. The highest BCUT2D eigenvalue weighted by atomic mass is 79.9. The third-order valence-corrected chi connectivity index (χ3v) is 6.93. The first kappa shape index (κ1) is 26.2. The van der Waals surface area contributed by atoms with Crippen molar-refractivity contribution < 1.29 is 24.5 Å². The third kappa shape index (κ3) is 6.84. The van der Waals surface area contributed by atoms with E-state index >= 15 is 0 Å². The van der Waals surface area contributed by atoms with Crippen molar-refractivity contribution in [3.05, 3.63) is 51.1 Å². The van der Waals surface area contributed by atoms with Crippen molar-refractivity contribution in [1.82, 2.24) is 10.3 Å². The molecular weight excluding hydrogens is 526 g/mol. The Morgan fingerprint density at radius 1 is 1.26 bits per heavy atom. The van der Waals surface area contributed by atoms with Crippen molar-refractivity contribution in [2.45, 2.75) is 38.1 Å². The van der Waals surface area contributed by atoms with Gasteiger partial charge < -0.3 is 25.6 Å². The lowest BCUT2D eigenvalue weighted by Crippen LogP contribution is -2.32. The number of carboxylic acid groups (broad SMARTS) is 1. The molecule has 1 unspecified atom stereocenters. The molecule has 34 heavy (non-hydrogen) atoms. The number of anilines is 1. The van der Waals surface area contributed by atoms with Crippen LogP contribution in [-0.2, 0) is 4.79 Å². The van der Waals surface area contributed by atoms with Gasteiger partial charge in [-0.05, 0) is 62.3 Å². The van der Waals surface area contributed by atoms with Crippen LogP contribution in [0.5, 0.6) is 5.75 Å². The number of carboxylic acids is 1. The number of ether oxygens (including phenoxy) is 1. The largest absolute Gasteiger partial charge is 0.496 e. The van der Waals surface area contributed by atoms with Gasteiger partial charge in [-0.25, -0.2) is 4.98 Å². The van der Waals surface area contributed by atoms with Crippen molar-refractivity contribution in [2.24, 2.45) is 11.8 Å². The first-order valence-electron chi connectivity index (χ1n) is 11.2. The van der Waals surface area contributed by atoms with Crippen molar-refractivity contribution in [1.29, 1.82) is 0 Å². The van der Waals surface area contributed by atoms with E-state index < -0.39 is 5.97 Å². The third-order valence-electron chi connectivity index (χ3n) is 6.15. The topological polar surface area (TPSA) is 121 Å². The van der Waals surface area contributed by atoms with Gasteiger partial charge in [-0.15, -0.1) is 0 Å². The molecule has 0 bridgehead atoms. The first-order chi connectivity index (χ1) is 16.3. The van der Waals surface area contributed by atoms with Crippen LogP contribution >= 0.6 is 27.5 Å². The molecule has 1 heterocycles. The van der Waals surface area contributed by atoms with Gasteiger partial charge in [-0.3, -0.25) is 9.59 Å². The fourth-order valence-corrected chi connectivity index (χ4v) is 4.80. The summed E-state index contributed by atoms with van der Waals surface area (Å²) < 4.78 is 6.33. The lowest BCUT2D eigenvalue weighted by molar-refractivity contribution is -0.143. The molecule has 1 atom stereocenters.